The molecule has 0 saturated heterocycles. The predicted molar refractivity (Wildman–Crippen MR) is 229 cm³/mol. The minimum Gasteiger partial charge on any atom is -0.384 e. The van der Waals surface area contributed by atoms with Crippen LogP contribution in [0, 0.1) is 6.92 Å². The first kappa shape index (κ1) is 31.8. The van der Waals surface area contributed by atoms with Gasteiger partial charge in [0.05, 0.1) is 39.0 Å². The lowest BCUT2D eigenvalue weighted by atomic mass is 9.98. The van der Waals surface area contributed by atoms with Crippen molar-refractivity contribution in [1.82, 2.24) is 29.1 Å². The summed E-state index contributed by atoms with van der Waals surface area (Å²) in [4.78, 5) is 21.1. The molecule has 0 amide bonds. The van der Waals surface area contributed by atoms with Crippen LogP contribution in [0.3, 0.4) is 0 Å². The van der Waals surface area contributed by atoms with Crippen LogP contribution >= 0.6 is 0 Å². The minimum atomic E-state index is 0.500. The molecule has 11 rings (SSSR count). The van der Waals surface area contributed by atoms with E-state index in [0.717, 1.165) is 93.7 Å². The second kappa shape index (κ2) is 12.5. The van der Waals surface area contributed by atoms with Gasteiger partial charge in [0.1, 0.15) is 5.82 Å². The SMILES string of the molecule is Cc1ccccc1-c1c(N)n(-c2nc(-c3ccccc3)c3ccccc3n2)c2cc3c(cc12)c1ccccc1n3-c1nc(-c2ccccc2)c2ccccc2n1. The number of aromatic nitrogens is 6. The van der Waals surface area contributed by atoms with E-state index in [9.17, 15) is 0 Å². The molecule has 0 aliphatic rings. The Labute approximate surface area is 322 Å². The number of hydrogen-bond donors (Lipinski definition) is 1. The molecule has 0 unspecified atom stereocenters. The Morgan fingerprint density at radius 3 is 1.54 bits per heavy atom. The molecule has 2 N–H and O–H groups in total. The molecular formula is C49H33N7. The van der Waals surface area contributed by atoms with Crippen LogP contribution in [0.4, 0.5) is 5.82 Å². The molecule has 0 radical (unpaired) electrons. The standard InChI is InChI=1S/C49H33N7/c1-30-16-8-9-21-33(30)44-38-28-37-34-22-12-15-27-41(34)55(48-51-39-25-13-10-23-35(39)45(53-48)31-17-4-2-5-18-31)42(37)29-43(38)56(47(44)50)49-52-40-26-14-11-24-36(40)46(54-49)32-19-6-3-7-20-32/h2-29H,50H2,1H3. The number of benzene rings is 7. The van der Waals surface area contributed by atoms with E-state index < -0.39 is 0 Å². The van der Waals surface area contributed by atoms with Crippen LogP contribution in [0.2, 0.25) is 0 Å². The van der Waals surface area contributed by atoms with Crippen LogP contribution < -0.4 is 5.73 Å². The van der Waals surface area contributed by atoms with Gasteiger partial charge in [-0.05, 0) is 48.4 Å². The molecule has 4 aromatic heterocycles. The maximum atomic E-state index is 7.37. The van der Waals surface area contributed by atoms with Crippen LogP contribution in [0.1, 0.15) is 5.56 Å². The highest BCUT2D eigenvalue weighted by atomic mass is 15.2. The van der Waals surface area contributed by atoms with Gasteiger partial charge in [0.25, 0.3) is 0 Å². The van der Waals surface area contributed by atoms with Gasteiger partial charge in [0, 0.05) is 43.6 Å². The number of rotatable bonds is 5. The predicted octanol–water partition coefficient (Wildman–Crippen LogP) is 11.5. The molecule has 7 aromatic carbocycles. The van der Waals surface area contributed by atoms with Crippen molar-refractivity contribution >= 4 is 60.3 Å². The van der Waals surface area contributed by atoms with Crippen LogP contribution in [0.25, 0.3) is 100 Å². The first-order chi connectivity index (χ1) is 27.6. The molecule has 0 atom stereocenters. The van der Waals surface area contributed by atoms with Gasteiger partial charge in [-0.3, -0.25) is 9.13 Å². The summed E-state index contributed by atoms with van der Waals surface area (Å²) in [6.07, 6.45) is 0. The summed E-state index contributed by atoms with van der Waals surface area (Å²) in [5.74, 6) is 1.66. The van der Waals surface area contributed by atoms with Crippen molar-refractivity contribution in [1.29, 1.82) is 0 Å². The summed E-state index contributed by atoms with van der Waals surface area (Å²) in [6.45, 7) is 2.13. The molecular weight excluding hydrogens is 687 g/mol. The lowest BCUT2D eigenvalue weighted by Crippen LogP contribution is -2.07. The molecule has 264 valence electrons. The fraction of sp³-hybridized carbons (Fsp3) is 0.0204. The fourth-order valence-electron chi connectivity index (χ4n) is 8.30. The topological polar surface area (TPSA) is 87.4 Å². The zero-order chi connectivity index (χ0) is 37.3. The Kier molecular flexibility index (Phi) is 7.09. The number of nitrogens with two attached hydrogens (primary N) is 1. The summed E-state index contributed by atoms with van der Waals surface area (Å²) >= 11 is 0. The molecule has 0 bridgehead atoms. The maximum Gasteiger partial charge on any atom is 0.236 e. The zero-order valence-corrected chi connectivity index (χ0v) is 30.4. The van der Waals surface area contributed by atoms with Gasteiger partial charge < -0.3 is 5.73 Å². The third-order valence-corrected chi connectivity index (χ3v) is 10.9. The monoisotopic (exact) mass is 719 g/mol. The van der Waals surface area contributed by atoms with Crippen molar-refractivity contribution < 1.29 is 0 Å². The number of nitrogen functional groups attached to an aromatic ring is 1. The fourth-order valence-corrected chi connectivity index (χ4v) is 8.30. The number of nitrogens with zero attached hydrogens (tertiary/aromatic N) is 6. The Hall–Kier alpha value is -7.64. The second-order valence-corrected chi connectivity index (χ2v) is 14.2. The molecule has 0 spiro atoms. The lowest BCUT2D eigenvalue weighted by Gasteiger charge is -2.13. The largest absolute Gasteiger partial charge is 0.384 e. The van der Waals surface area contributed by atoms with E-state index in [4.69, 9.17) is 25.7 Å². The minimum absolute atomic E-state index is 0.500. The molecule has 4 heterocycles. The van der Waals surface area contributed by atoms with Gasteiger partial charge in [-0.1, -0.05) is 140 Å². The molecule has 0 aliphatic carbocycles. The quantitative estimate of drug-likeness (QED) is 0.191. The van der Waals surface area contributed by atoms with Crippen LogP contribution in [-0.4, -0.2) is 29.1 Å². The lowest BCUT2D eigenvalue weighted by molar-refractivity contribution is 0.991. The summed E-state index contributed by atoms with van der Waals surface area (Å²) in [6, 6.07) is 58.3. The van der Waals surface area contributed by atoms with Crippen molar-refractivity contribution in [2.75, 3.05) is 5.73 Å². The number of aryl methyl sites for hydroxylation is 1. The molecule has 0 aliphatic heterocycles. The summed E-state index contributed by atoms with van der Waals surface area (Å²) < 4.78 is 4.20. The van der Waals surface area contributed by atoms with E-state index in [2.05, 4.69) is 115 Å². The van der Waals surface area contributed by atoms with Gasteiger partial charge in [-0.25, -0.2) is 19.9 Å². The Balaban J connectivity index is 1.27. The van der Waals surface area contributed by atoms with Crippen molar-refractivity contribution in [3.8, 4) is 45.5 Å². The van der Waals surface area contributed by atoms with Gasteiger partial charge in [-0.15, -0.1) is 0 Å². The van der Waals surface area contributed by atoms with E-state index >= 15 is 0 Å². The van der Waals surface area contributed by atoms with E-state index in [0.29, 0.717) is 17.7 Å². The number of fused-ring (bicyclic) bond motifs is 6. The molecule has 0 saturated carbocycles. The number of anilines is 1. The maximum absolute atomic E-state index is 7.37. The van der Waals surface area contributed by atoms with Gasteiger partial charge in [0.15, 0.2) is 0 Å². The third kappa shape index (κ3) is 4.84. The van der Waals surface area contributed by atoms with Crippen molar-refractivity contribution in [3.63, 3.8) is 0 Å². The Bertz CT molecular complexity index is 3330. The first-order valence-corrected chi connectivity index (χ1v) is 18.7. The van der Waals surface area contributed by atoms with Crippen LogP contribution in [0.15, 0.2) is 170 Å². The van der Waals surface area contributed by atoms with Crippen LogP contribution in [-0.2, 0) is 0 Å². The highest BCUT2D eigenvalue weighted by Crippen LogP contribution is 2.44. The van der Waals surface area contributed by atoms with Crippen molar-refractivity contribution in [2.45, 2.75) is 6.92 Å². The molecule has 7 heteroatoms. The van der Waals surface area contributed by atoms with E-state index in [-0.39, 0.29) is 0 Å². The smallest absolute Gasteiger partial charge is 0.236 e. The highest BCUT2D eigenvalue weighted by Gasteiger charge is 2.25. The van der Waals surface area contributed by atoms with Crippen molar-refractivity contribution in [3.05, 3.63) is 175 Å². The Morgan fingerprint density at radius 2 is 0.911 bits per heavy atom. The van der Waals surface area contributed by atoms with E-state index in [1.165, 1.54) is 0 Å². The molecule has 7 nitrogen and oxygen atoms in total. The molecule has 56 heavy (non-hydrogen) atoms. The molecule has 0 fully saturated rings. The first-order valence-electron chi connectivity index (χ1n) is 18.7. The second-order valence-electron chi connectivity index (χ2n) is 14.2. The van der Waals surface area contributed by atoms with Gasteiger partial charge in [-0.2, -0.15) is 0 Å². The van der Waals surface area contributed by atoms with Crippen molar-refractivity contribution in [2.24, 2.45) is 0 Å². The average molecular weight is 720 g/mol. The van der Waals surface area contributed by atoms with Gasteiger partial charge >= 0.3 is 0 Å². The zero-order valence-electron chi connectivity index (χ0n) is 30.4. The summed E-state index contributed by atoms with van der Waals surface area (Å²) in [7, 11) is 0. The highest BCUT2D eigenvalue weighted by molar-refractivity contribution is 6.17. The number of para-hydroxylation sites is 3. The average Bonchev–Trinajstić information content (AvgIpc) is 3.72. The number of hydrogen-bond acceptors (Lipinski definition) is 5. The van der Waals surface area contributed by atoms with Gasteiger partial charge in [0.2, 0.25) is 11.9 Å². The molecule has 11 aromatic rings. The van der Waals surface area contributed by atoms with Crippen LogP contribution in [0.5, 0.6) is 0 Å². The third-order valence-electron chi connectivity index (χ3n) is 10.9. The summed E-state index contributed by atoms with van der Waals surface area (Å²) in [5, 5.41) is 5.15. The van der Waals surface area contributed by atoms with E-state index in [1.807, 2.05) is 71.3 Å². The summed E-state index contributed by atoms with van der Waals surface area (Å²) in [5.41, 5.74) is 18.8. The Morgan fingerprint density at radius 1 is 0.411 bits per heavy atom. The van der Waals surface area contributed by atoms with E-state index in [1.54, 1.807) is 0 Å². The normalized spacial score (nSPS) is 11.7.